The number of aliphatic imine (C=N–C) groups is 1. The summed E-state index contributed by atoms with van der Waals surface area (Å²) in [4.78, 5) is 14.9. The lowest BCUT2D eigenvalue weighted by Crippen LogP contribution is -2.37. The van der Waals surface area contributed by atoms with Crippen molar-refractivity contribution in [2.45, 2.75) is 19.5 Å². The standard InChI is InChI=1S/C20H26N4O4.HI/c1-27-13-5-12-21-20(23-15-17-6-3-4-7-19(17)28-2)22-14-16-8-10-18(11-9-16)24(25)26;/h3-4,6-11H,5,12-15H2,1-2H3,(H2,21,22,23);1H. The smallest absolute Gasteiger partial charge is 0.269 e. The van der Waals surface area contributed by atoms with Crippen molar-refractivity contribution >= 4 is 35.6 Å². The van der Waals surface area contributed by atoms with Crippen LogP contribution in [0.3, 0.4) is 0 Å². The molecule has 0 unspecified atom stereocenters. The van der Waals surface area contributed by atoms with E-state index in [4.69, 9.17) is 9.47 Å². The second kappa shape index (κ2) is 13.7. The molecule has 9 heteroatoms. The minimum atomic E-state index is -0.412. The van der Waals surface area contributed by atoms with E-state index in [9.17, 15) is 10.1 Å². The molecule has 29 heavy (non-hydrogen) atoms. The highest BCUT2D eigenvalue weighted by Gasteiger charge is 2.06. The molecular formula is C20H27IN4O4. The van der Waals surface area contributed by atoms with Gasteiger partial charge in [-0.2, -0.15) is 0 Å². The first kappa shape index (κ1) is 24.6. The van der Waals surface area contributed by atoms with Gasteiger partial charge in [0.25, 0.3) is 5.69 Å². The fourth-order valence-electron chi connectivity index (χ4n) is 2.52. The summed E-state index contributed by atoms with van der Waals surface area (Å²) >= 11 is 0. The van der Waals surface area contributed by atoms with Gasteiger partial charge < -0.3 is 20.1 Å². The van der Waals surface area contributed by atoms with Crippen molar-refractivity contribution in [3.63, 3.8) is 0 Å². The Hall–Kier alpha value is -2.40. The maximum atomic E-state index is 10.8. The number of ether oxygens (including phenoxy) is 2. The van der Waals surface area contributed by atoms with Crippen LogP contribution in [-0.4, -0.2) is 38.3 Å². The van der Waals surface area contributed by atoms with Crippen molar-refractivity contribution in [2.75, 3.05) is 27.4 Å². The first-order chi connectivity index (χ1) is 13.6. The second-order valence-corrected chi connectivity index (χ2v) is 6.03. The number of nitrogens with one attached hydrogen (secondary N) is 2. The number of hydrogen-bond acceptors (Lipinski definition) is 5. The highest BCUT2D eigenvalue weighted by atomic mass is 127. The summed E-state index contributed by atoms with van der Waals surface area (Å²) in [5.41, 5.74) is 1.98. The van der Waals surface area contributed by atoms with E-state index in [2.05, 4.69) is 15.6 Å². The molecule has 0 saturated heterocycles. The van der Waals surface area contributed by atoms with Crippen molar-refractivity contribution in [1.82, 2.24) is 10.6 Å². The number of nitrogens with zero attached hydrogens (tertiary/aromatic N) is 2. The highest BCUT2D eigenvalue weighted by molar-refractivity contribution is 14.0. The Morgan fingerprint density at radius 1 is 1.10 bits per heavy atom. The number of hydrogen-bond donors (Lipinski definition) is 2. The summed E-state index contributed by atoms with van der Waals surface area (Å²) < 4.78 is 10.4. The summed E-state index contributed by atoms with van der Waals surface area (Å²) in [6.07, 6.45) is 0.851. The molecule has 0 bridgehead atoms. The van der Waals surface area contributed by atoms with E-state index in [0.717, 1.165) is 23.3 Å². The van der Waals surface area contributed by atoms with Crippen molar-refractivity contribution in [1.29, 1.82) is 0 Å². The average molecular weight is 514 g/mol. The van der Waals surface area contributed by atoms with E-state index >= 15 is 0 Å². The van der Waals surface area contributed by atoms with E-state index in [0.29, 0.717) is 32.2 Å². The Bertz CT molecular complexity index is 784. The van der Waals surface area contributed by atoms with Crippen LogP contribution in [0.25, 0.3) is 0 Å². The minimum absolute atomic E-state index is 0. The molecule has 2 N–H and O–H groups in total. The van der Waals surface area contributed by atoms with Crippen LogP contribution in [0.5, 0.6) is 5.75 Å². The van der Waals surface area contributed by atoms with E-state index in [1.54, 1.807) is 26.4 Å². The van der Waals surface area contributed by atoms with Crippen LogP contribution in [0.15, 0.2) is 53.5 Å². The predicted molar refractivity (Wildman–Crippen MR) is 124 cm³/mol. The van der Waals surface area contributed by atoms with Crippen LogP contribution in [-0.2, 0) is 17.8 Å². The summed E-state index contributed by atoms with van der Waals surface area (Å²) in [6.45, 7) is 2.34. The van der Waals surface area contributed by atoms with Gasteiger partial charge in [-0.25, -0.2) is 4.99 Å². The third-order valence-corrected chi connectivity index (χ3v) is 4.02. The van der Waals surface area contributed by atoms with Crippen LogP contribution in [0.2, 0.25) is 0 Å². The third-order valence-electron chi connectivity index (χ3n) is 4.02. The predicted octanol–water partition coefficient (Wildman–Crippen LogP) is 3.49. The molecule has 2 aromatic carbocycles. The molecule has 8 nitrogen and oxygen atoms in total. The number of nitro benzene ring substituents is 1. The molecule has 0 atom stereocenters. The molecule has 0 heterocycles. The number of benzene rings is 2. The van der Waals surface area contributed by atoms with E-state index in [1.165, 1.54) is 12.1 Å². The van der Waals surface area contributed by atoms with Crippen LogP contribution in [0, 0.1) is 10.1 Å². The van der Waals surface area contributed by atoms with Crippen LogP contribution in [0.1, 0.15) is 17.5 Å². The molecule has 2 aromatic rings. The lowest BCUT2D eigenvalue weighted by molar-refractivity contribution is -0.384. The Labute approximate surface area is 187 Å². The monoisotopic (exact) mass is 514 g/mol. The first-order valence-electron chi connectivity index (χ1n) is 9.00. The molecule has 0 aromatic heterocycles. The van der Waals surface area contributed by atoms with Gasteiger partial charge in [0.1, 0.15) is 5.75 Å². The normalized spacial score (nSPS) is 10.8. The minimum Gasteiger partial charge on any atom is -0.496 e. The Morgan fingerprint density at radius 2 is 1.83 bits per heavy atom. The molecule has 0 fully saturated rings. The quantitative estimate of drug-likeness (QED) is 0.126. The molecule has 0 aliphatic carbocycles. The largest absolute Gasteiger partial charge is 0.496 e. The number of methoxy groups -OCH3 is 2. The van der Waals surface area contributed by atoms with Gasteiger partial charge in [-0.3, -0.25) is 10.1 Å². The maximum absolute atomic E-state index is 10.8. The number of non-ortho nitro benzene ring substituents is 1. The van der Waals surface area contributed by atoms with Gasteiger partial charge >= 0.3 is 0 Å². The van der Waals surface area contributed by atoms with Crippen LogP contribution in [0.4, 0.5) is 5.69 Å². The van der Waals surface area contributed by atoms with Crippen molar-refractivity contribution < 1.29 is 14.4 Å². The maximum Gasteiger partial charge on any atom is 0.269 e. The average Bonchev–Trinajstić information content (AvgIpc) is 2.73. The van der Waals surface area contributed by atoms with Crippen LogP contribution < -0.4 is 15.4 Å². The number of nitro groups is 1. The molecule has 0 saturated carbocycles. The lowest BCUT2D eigenvalue weighted by atomic mass is 10.2. The topological polar surface area (TPSA) is 98.0 Å². The highest BCUT2D eigenvalue weighted by Crippen LogP contribution is 2.16. The van der Waals surface area contributed by atoms with Gasteiger partial charge in [-0.05, 0) is 18.1 Å². The van der Waals surface area contributed by atoms with Crippen molar-refractivity contribution in [3.8, 4) is 5.75 Å². The zero-order chi connectivity index (χ0) is 20.2. The van der Waals surface area contributed by atoms with Gasteiger partial charge in [0.2, 0.25) is 0 Å². The molecule has 0 aliphatic rings. The SMILES string of the molecule is COCCCNC(=NCc1ccc([N+](=O)[O-])cc1)NCc1ccccc1OC.I. The van der Waals surface area contributed by atoms with Crippen LogP contribution >= 0.6 is 24.0 Å². The van der Waals surface area contributed by atoms with Gasteiger partial charge in [0.15, 0.2) is 5.96 Å². The van der Waals surface area contributed by atoms with E-state index in [1.807, 2.05) is 24.3 Å². The van der Waals surface area contributed by atoms with E-state index in [-0.39, 0.29) is 29.7 Å². The van der Waals surface area contributed by atoms with Gasteiger partial charge in [-0.15, -0.1) is 24.0 Å². The Morgan fingerprint density at radius 3 is 2.48 bits per heavy atom. The molecule has 158 valence electrons. The van der Waals surface area contributed by atoms with Gasteiger partial charge in [0, 0.05) is 44.5 Å². The van der Waals surface area contributed by atoms with Gasteiger partial charge in [0.05, 0.1) is 18.6 Å². The number of para-hydroxylation sites is 1. The lowest BCUT2D eigenvalue weighted by Gasteiger charge is -2.14. The fraction of sp³-hybridized carbons (Fsp3) is 0.350. The fourth-order valence-corrected chi connectivity index (χ4v) is 2.52. The molecule has 2 rings (SSSR count). The molecule has 0 spiro atoms. The molecule has 0 amide bonds. The number of guanidine groups is 1. The number of rotatable bonds is 10. The Balaban J connectivity index is 0.00000420. The summed E-state index contributed by atoms with van der Waals surface area (Å²) in [7, 11) is 3.31. The zero-order valence-corrected chi connectivity index (χ0v) is 18.9. The molecule has 0 aliphatic heterocycles. The van der Waals surface area contributed by atoms with E-state index < -0.39 is 4.92 Å². The second-order valence-electron chi connectivity index (χ2n) is 6.03. The zero-order valence-electron chi connectivity index (χ0n) is 16.6. The molecular weight excluding hydrogens is 487 g/mol. The van der Waals surface area contributed by atoms with Crippen molar-refractivity contribution in [3.05, 3.63) is 69.8 Å². The summed E-state index contributed by atoms with van der Waals surface area (Å²) in [5.74, 6) is 1.46. The Kier molecular flexibility index (Phi) is 11.7. The first-order valence-corrected chi connectivity index (χ1v) is 9.00. The molecule has 0 radical (unpaired) electrons. The van der Waals surface area contributed by atoms with Gasteiger partial charge in [-0.1, -0.05) is 30.3 Å². The third kappa shape index (κ3) is 8.65. The van der Waals surface area contributed by atoms with Crippen molar-refractivity contribution in [2.24, 2.45) is 4.99 Å². The summed E-state index contributed by atoms with van der Waals surface area (Å²) in [6, 6.07) is 14.2. The summed E-state index contributed by atoms with van der Waals surface area (Å²) in [5, 5.41) is 17.3. The number of halogens is 1.